The van der Waals surface area contributed by atoms with Crippen molar-refractivity contribution < 1.29 is 9.53 Å². The van der Waals surface area contributed by atoms with E-state index in [4.69, 9.17) is 4.74 Å². The molecule has 2 unspecified atom stereocenters. The highest BCUT2D eigenvalue weighted by Crippen LogP contribution is 2.17. The van der Waals surface area contributed by atoms with Gasteiger partial charge >= 0.3 is 6.09 Å². The van der Waals surface area contributed by atoms with Gasteiger partial charge in [-0.05, 0) is 64.7 Å². The third kappa shape index (κ3) is 7.04. The van der Waals surface area contributed by atoms with Crippen molar-refractivity contribution in [2.24, 2.45) is 0 Å². The number of rotatable bonds is 6. The quantitative estimate of drug-likeness (QED) is 0.823. The normalized spacial score (nSPS) is 14.2. The smallest absolute Gasteiger partial charge is 0.407 e. The maximum Gasteiger partial charge on any atom is 0.407 e. The van der Waals surface area contributed by atoms with Crippen LogP contribution in [0.15, 0.2) is 18.2 Å². The summed E-state index contributed by atoms with van der Waals surface area (Å²) in [4.78, 5) is 11.8. The average Bonchev–Trinajstić information content (AvgIpc) is 2.44. The van der Waals surface area contributed by atoms with E-state index in [2.05, 4.69) is 56.5 Å². The highest BCUT2D eigenvalue weighted by atomic mass is 16.6. The summed E-state index contributed by atoms with van der Waals surface area (Å²) in [6.45, 7) is 14.7. The standard InChI is InChI=1S/C19H32N2O2/c1-8-17(12-20-18(22)23-19(5,6)7)21-15(4)16-10-9-13(2)14(3)11-16/h9-11,15,17,21H,8,12H2,1-7H3,(H,20,22). The number of hydrogen-bond donors (Lipinski definition) is 2. The molecule has 0 bridgehead atoms. The van der Waals surface area contributed by atoms with Crippen LogP contribution >= 0.6 is 0 Å². The van der Waals surface area contributed by atoms with Crippen LogP contribution in [-0.2, 0) is 4.74 Å². The second-order valence-corrected chi connectivity index (χ2v) is 7.22. The predicted molar refractivity (Wildman–Crippen MR) is 95.8 cm³/mol. The first kappa shape index (κ1) is 19.5. The number of ether oxygens (including phenoxy) is 1. The van der Waals surface area contributed by atoms with E-state index in [1.165, 1.54) is 16.7 Å². The summed E-state index contributed by atoms with van der Waals surface area (Å²) in [5.74, 6) is 0. The number of alkyl carbamates (subject to hydrolysis) is 1. The molecule has 0 saturated carbocycles. The van der Waals surface area contributed by atoms with Gasteiger partial charge in [-0.1, -0.05) is 25.1 Å². The van der Waals surface area contributed by atoms with Gasteiger partial charge in [-0.3, -0.25) is 0 Å². The summed E-state index contributed by atoms with van der Waals surface area (Å²) >= 11 is 0. The SMILES string of the molecule is CCC(CNC(=O)OC(C)(C)C)NC(C)c1ccc(C)c(C)c1. The number of nitrogens with one attached hydrogen (secondary N) is 2. The van der Waals surface area contributed by atoms with Crippen LogP contribution in [0.1, 0.15) is 63.8 Å². The molecule has 2 atom stereocenters. The first-order valence-corrected chi connectivity index (χ1v) is 8.42. The molecule has 0 heterocycles. The van der Waals surface area contributed by atoms with Crippen LogP contribution in [0.5, 0.6) is 0 Å². The fourth-order valence-corrected chi connectivity index (χ4v) is 2.33. The lowest BCUT2D eigenvalue weighted by Crippen LogP contribution is -2.43. The number of carbonyl (C=O) groups excluding carboxylic acids is 1. The molecule has 0 saturated heterocycles. The third-order valence-electron chi connectivity index (χ3n) is 3.90. The molecule has 4 nitrogen and oxygen atoms in total. The molecule has 1 amide bonds. The summed E-state index contributed by atoms with van der Waals surface area (Å²) in [6, 6.07) is 6.98. The Hall–Kier alpha value is -1.55. The van der Waals surface area contributed by atoms with Crippen molar-refractivity contribution in [1.29, 1.82) is 0 Å². The topological polar surface area (TPSA) is 50.4 Å². The molecule has 0 aromatic heterocycles. The van der Waals surface area contributed by atoms with E-state index >= 15 is 0 Å². The molecular weight excluding hydrogens is 288 g/mol. The molecule has 23 heavy (non-hydrogen) atoms. The highest BCUT2D eigenvalue weighted by molar-refractivity contribution is 5.67. The van der Waals surface area contributed by atoms with Gasteiger partial charge in [0, 0.05) is 18.6 Å². The Morgan fingerprint density at radius 1 is 1.22 bits per heavy atom. The Balaban J connectivity index is 2.55. The van der Waals surface area contributed by atoms with Crippen molar-refractivity contribution in [3.8, 4) is 0 Å². The van der Waals surface area contributed by atoms with E-state index in [0.29, 0.717) is 6.54 Å². The number of benzene rings is 1. The molecule has 0 aliphatic rings. The van der Waals surface area contributed by atoms with Crippen LogP contribution in [0, 0.1) is 13.8 Å². The Kier molecular flexibility index (Phi) is 7.07. The summed E-state index contributed by atoms with van der Waals surface area (Å²) in [7, 11) is 0. The van der Waals surface area contributed by atoms with Crippen LogP contribution in [0.3, 0.4) is 0 Å². The van der Waals surface area contributed by atoms with E-state index in [-0.39, 0.29) is 18.2 Å². The lowest BCUT2D eigenvalue weighted by atomic mass is 10.0. The van der Waals surface area contributed by atoms with Gasteiger partial charge in [0.2, 0.25) is 0 Å². The Morgan fingerprint density at radius 3 is 2.39 bits per heavy atom. The zero-order valence-corrected chi connectivity index (χ0v) is 15.6. The molecule has 0 aliphatic heterocycles. The second kappa shape index (κ2) is 8.34. The van der Waals surface area contributed by atoms with Crippen LogP contribution in [-0.4, -0.2) is 24.3 Å². The maximum atomic E-state index is 11.8. The molecular formula is C19H32N2O2. The van der Waals surface area contributed by atoms with Gasteiger partial charge in [0.05, 0.1) is 0 Å². The van der Waals surface area contributed by atoms with Crippen LogP contribution in [0.2, 0.25) is 0 Å². The minimum Gasteiger partial charge on any atom is -0.444 e. The van der Waals surface area contributed by atoms with Gasteiger partial charge in [-0.15, -0.1) is 0 Å². The van der Waals surface area contributed by atoms with Crippen molar-refractivity contribution in [2.75, 3.05) is 6.54 Å². The molecule has 0 aliphatic carbocycles. The lowest BCUT2D eigenvalue weighted by molar-refractivity contribution is 0.0521. The monoisotopic (exact) mass is 320 g/mol. The van der Waals surface area contributed by atoms with Crippen molar-refractivity contribution in [3.63, 3.8) is 0 Å². The van der Waals surface area contributed by atoms with Crippen molar-refractivity contribution in [3.05, 3.63) is 34.9 Å². The summed E-state index contributed by atoms with van der Waals surface area (Å²) in [6.07, 6.45) is 0.571. The minimum absolute atomic E-state index is 0.208. The molecule has 0 fully saturated rings. The van der Waals surface area contributed by atoms with E-state index < -0.39 is 5.60 Å². The molecule has 1 aromatic rings. The predicted octanol–water partition coefficient (Wildman–Crippen LogP) is 4.26. The summed E-state index contributed by atoms with van der Waals surface area (Å²) < 4.78 is 5.27. The number of amides is 1. The number of aryl methyl sites for hydroxylation is 2. The largest absolute Gasteiger partial charge is 0.444 e. The zero-order valence-electron chi connectivity index (χ0n) is 15.6. The Labute approximate surface area is 141 Å². The Bertz CT molecular complexity index is 521. The first-order valence-electron chi connectivity index (χ1n) is 8.42. The molecule has 4 heteroatoms. The van der Waals surface area contributed by atoms with Crippen LogP contribution < -0.4 is 10.6 Å². The van der Waals surface area contributed by atoms with E-state index in [1.54, 1.807) is 0 Å². The van der Waals surface area contributed by atoms with E-state index in [0.717, 1.165) is 6.42 Å². The van der Waals surface area contributed by atoms with Crippen molar-refractivity contribution >= 4 is 6.09 Å². The van der Waals surface area contributed by atoms with Gasteiger partial charge in [-0.25, -0.2) is 4.79 Å². The van der Waals surface area contributed by atoms with E-state index in [1.807, 2.05) is 20.8 Å². The average molecular weight is 320 g/mol. The van der Waals surface area contributed by atoms with Gasteiger partial charge < -0.3 is 15.4 Å². The fraction of sp³-hybridized carbons (Fsp3) is 0.632. The second-order valence-electron chi connectivity index (χ2n) is 7.22. The lowest BCUT2D eigenvalue weighted by Gasteiger charge is -2.25. The maximum absolute atomic E-state index is 11.8. The van der Waals surface area contributed by atoms with Gasteiger partial charge in [0.25, 0.3) is 0 Å². The minimum atomic E-state index is -0.466. The molecule has 0 radical (unpaired) electrons. The first-order chi connectivity index (χ1) is 10.6. The van der Waals surface area contributed by atoms with Crippen molar-refractivity contribution in [1.82, 2.24) is 10.6 Å². The highest BCUT2D eigenvalue weighted by Gasteiger charge is 2.18. The Morgan fingerprint density at radius 2 is 1.87 bits per heavy atom. The number of carbonyl (C=O) groups is 1. The molecule has 1 aromatic carbocycles. The summed E-state index contributed by atoms with van der Waals surface area (Å²) in [5.41, 5.74) is 3.41. The zero-order chi connectivity index (χ0) is 17.6. The van der Waals surface area contributed by atoms with E-state index in [9.17, 15) is 4.79 Å². The third-order valence-corrected chi connectivity index (χ3v) is 3.90. The molecule has 2 N–H and O–H groups in total. The summed E-state index contributed by atoms with van der Waals surface area (Å²) in [5, 5.41) is 6.42. The van der Waals surface area contributed by atoms with Crippen LogP contribution in [0.4, 0.5) is 4.79 Å². The van der Waals surface area contributed by atoms with Crippen LogP contribution in [0.25, 0.3) is 0 Å². The van der Waals surface area contributed by atoms with Crippen molar-refractivity contribution in [2.45, 2.75) is 72.6 Å². The fourth-order valence-electron chi connectivity index (χ4n) is 2.33. The number of hydrogen-bond acceptors (Lipinski definition) is 3. The molecule has 130 valence electrons. The molecule has 0 spiro atoms. The van der Waals surface area contributed by atoms with Gasteiger partial charge in [0.1, 0.15) is 5.60 Å². The molecule has 1 rings (SSSR count). The van der Waals surface area contributed by atoms with Gasteiger partial charge in [-0.2, -0.15) is 0 Å². The van der Waals surface area contributed by atoms with Gasteiger partial charge in [0.15, 0.2) is 0 Å².